The van der Waals surface area contributed by atoms with Gasteiger partial charge in [-0.2, -0.15) is 0 Å². The van der Waals surface area contributed by atoms with Gasteiger partial charge >= 0.3 is 0 Å². The first-order valence-electron chi connectivity index (χ1n) is 10.6. The molecule has 154 valence electrons. The third-order valence-electron chi connectivity index (χ3n) is 6.01. The van der Waals surface area contributed by atoms with Gasteiger partial charge in [0.05, 0.1) is 0 Å². The van der Waals surface area contributed by atoms with Gasteiger partial charge in [0.15, 0.2) is 0 Å². The molecule has 0 bridgehead atoms. The van der Waals surface area contributed by atoms with E-state index < -0.39 is 0 Å². The summed E-state index contributed by atoms with van der Waals surface area (Å²) in [7, 11) is 0. The minimum atomic E-state index is -0.247. The summed E-state index contributed by atoms with van der Waals surface area (Å²) in [6, 6.07) is 10.6. The van der Waals surface area contributed by atoms with Crippen LogP contribution in [0.4, 0.5) is 4.39 Å². The maximum absolute atomic E-state index is 13.2. The second-order valence-electron chi connectivity index (χ2n) is 8.12. The van der Waals surface area contributed by atoms with Crippen LogP contribution in [0, 0.1) is 5.82 Å². The third-order valence-corrected chi connectivity index (χ3v) is 6.01. The lowest BCUT2D eigenvalue weighted by Gasteiger charge is -2.34. The number of likely N-dealkylation sites (tertiary alicyclic amines) is 2. The second kappa shape index (κ2) is 9.46. The van der Waals surface area contributed by atoms with E-state index in [-0.39, 0.29) is 23.8 Å². The van der Waals surface area contributed by atoms with Crippen LogP contribution in [-0.4, -0.2) is 52.9 Å². The van der Waals surface area contributed by atoms with Crippen molar-refractivity contribution in [2.45, 2.75) is 44.3 Å². The fourth-order valence-corrected chi connectivity index (χ4v) is 4.43. The van der Waals surface area contributed by atoms with Gasteiger partial charge in [-0.05, 0) is 68.1 Å². The van der Waals surface area contributed by atoms with E-state index in [0.29, 0.717) is 0 Å². The van der Waals surface area contributed by atoms with Crippen molar-refractivity contribution in [3.8, 4) is 0 Å². The molecular weight excluding hydrogens is 367 g/mol. The van der Waals surface area contributed by atoms with Crippen molar-refractivity contribution in [1.29, 1.82) is 0 Å². The topological polar surface area (TPSA) is 48.5 Å². The van der Waals surface area contributed by atoms with Crippen molar-refractivity contribution in [3.05, 3.63) is 65.7 Å². The molecule has 2 aromatic rings. The first-order valence-corrected chi connectivity index (χ1v) is 10.6. The van der Waals surface area contributed by atoms with Crippen molar-refractivity contribution in [3.63, 3.8) is 0 Å². The Labute approximate surface area is 171 Å². The molecule has 1 N–H and O–H groups in total. The Morgan fingerprint density at radius 3 is 2.48 bits per heavy atom. The van der Waals surface area contributed by atoms with Gasteiger partial charge in [-0.3, -0.25) is 19.6 Å². The Kier molecular flexibility index (Phi) is 6.52. The van der Waals surface area contributed by atoms with Crippen molar-refractivity contribution < 1.29 is 9.18 Å². The number of nitrogens with zero attached hydrogens (tertiary/aromatic N) is 3. The fourth-order valence-electron chi connectivity index (χ4n) is 4.43. The normalized spacial score (nSPS) is 19.9. The molecule has 2 fully saturated rings. The van der Waals surface area contributed by atoms with Gasteiger partial charge in [-0.25, -0.2) is 4.39 Å². The Bertz CT molecular complexity index is 784. The molecule has 3 heterocycles. The van der Waals surface area contributed by atoms with Gasteiger partial charge in [-0.15, -0.1) is 0 Å². The molecule has 29 heavy (non-hydrogen) atoms. The van der Waals surface area contributed by atoms with Crippen LogP contribution in [-0.2, 0) is 11.3 Å². The zero-order chi connectivity index (χ0) is 20.1. The molecule has 1 unspecified atom stereocenters. The number of piperidine rings is 1. The smallest absolute Gasteiger partial charge is 0.242 e. The largest absolute Gasteiger partial charge is 0.352 e. The molecule has 6 heteroatoms. The summed E-state index contributed by atoms with van der Waals surface area (Å²) < 4.78 is 13.1. The highest BCUT2D eigenvalue weighted by atomic mass is 19.1. The summed E-state index contributed by atoms with van der Waals surface area (Å²) in [5.41, 5.74) is 2.10. The van der Waals surface area contributed by atoms with Gasteiger partial charge in [0.25, 0.3) is 0 Å². The molecule has 1 atom stereocenters. The molecular formula is C23H29FN4O. The highest BCUT2D eigenvalue weighted by molar-refractivity contribution is 5.83. The molecule has 4 rings (SSSR count). The summed E-state index contributed by atoms with van der Waals surface area (Å²) in [6.45, 7) is 4.62. The number of aromatic nitrogens is 1. The summed E-state index contributed by atoms with van der Waals surface area (Å²) in [6.07, 6.45) is 7.73. The summed E-state index contributed by atoms with van der Waals surface area (Å²) >= 11 is 0. The van der Waals surface area contributed by atoms with Crippen LogP contribution >= 0.6 is 0 Å². The molecule has 0 radical (unpaired) electrons. The van der Waals surface area contributed by atoms with Gasteiger partial charge in [-0.1, -0.05) is 18.2 Å². The lowest BCUT2D eigenvalue weighted by atomic mass is 10.0. The summed E-state index contributed by atoms with van der Waals surface area (Å²) in [5, 5.41) is 3.30. The van der Waals surface area contributed by atoms with Crippen molar-refractivity contribution in [1.82, 2.24) is 20.1 Å². The number of pyridine rings is 1. The second-order valence-corrected chi connectivity index (χ2v) is 8.12. The standard InChI is InChI=1S/C23H29FN4O/c24-20-7-5-18(6-8-20)17-27-14-9-21(10-15-27)26-23(29)22(28-12-1-2-13-28)19-4-3-11-25-16-19/h3-8,11,16,21-22H,1-2,9-10,12-15,17H2,(H,26,29). The molecule has 0 spiro atoms. The average Bonchev–Trinajstić information content (AvgIpc) is 3.26. The average molecular weight is 397 g/mol. The maximum Gasteiger partial charge on any atom is 0.242 e. The van der Waals surface area contributed by atoms with Crippen LogP contribution in [0.5, 0.6) is 0 Å². The molecule has 2 aliphatic heterocycles. The monoisotopic (exact) mass is 396 g/mol. The third kappa shape index (κ3) is 5.19. The molecule has 1 aromatic carbocycles. The summed E-state index contributed by atoms with van der Waals surface area (Å²) in [5.74, 6) is -0.103. The Morgan fingerprint density at radius 1 is 1.10 bits per heavy atom. The van der Waals surface area contributed by atoms with Gasteiger partial charge in [0.1, 0.15) is 11.9 Å². The number of nitrogens with one attached hydrogen (secondary N) is 1. The number of rotatable bonds is 6. The fraction of sp³-hybridized carbons (Fsp3) is 0.478. The number of hydrogen-bond acceptors (Lipinski definition) is 4. The van der Waals surface area contributed by atoms with Crippen molar-refractivity contribution in [2.75, 3.05) is 26.2 Å². The minimum Gasteiger partial charge on any atom is -0.352 e. The Morgan fingerprint density at radius 2 is 1.83 bits per heavy atom. The molecule has 1 amide bonds. The Balaban J connectivity index is 1.32. The molecule has 0 saturated carbocycles. The van der Waals surface area contributed by atoms with E-state index in [2.05, 4.69) is 20.1 Å². The van der Waals surface area contributed by atoms with E-state index in [0.717, 1.165) is 69.5 Å². The minimum absolute atomic E-state index is 0.0943. The quantitative estimate of drug-likeness (QED) is 0.815. The van der Waals surface area contributed by atoms with Gasteiger partial charge < -0.3 is 5.32 Å². The van der Waals surface area contributed by atoms with Crippen LogP contribution in [0.2, 0.25) is 0 Å². The van der Waals surface area contributed by atoms with E-state index >= 15 is 0 Å². The highest BCUT2D eigenvalue weighted by Gasteiger charge is 2.31. The molecule has 2 saturated heterocycles. The lowest BCUT2D eigenvalue weighted by Crippen LogP contribution is -2.48. The van der Waals surface area contributed by atoms with E-state index in [1.54, 1.807) is 6.20 Å². The number of benzene rings is 1. The zero-order valence-electron chi connectivity index (χ0n) is 16.8. The SMILES string of the molecule is O=C(NC1CCN(Cc2ccc(F)cc2)CC1)C(c1cccnc1)N1CCCC1. The first-order chi connectivity index (χ1) is 14.2. The number of amides is 1. The Hall–Kier alpha value is -2.31. The van der Waals surface area contributed by atoms with Crippen LogP contribution < -0.4 is 5.32 Å². The predicted octanol–water partition coefficient (Wildman–Crippen LogP) is 3.14. The van der Waals surface area contributed by atoms with Crippen LogP contribution in [0.25, 0.3) is 0 Å². The molecule has 1 aromatic heterocycles. The lowest BCUT2D eigenvalue weighted by molar-refractivity contribution is -0.127. The van der Waals surface area contributed by atoms with Gasteiger partial charge in [0, 0.05) is 38.1 Å². The number of carbonyl (C=O) groups excluding carboxylic acids is 1. The first kappa shape index (κ1) is 20.0. The zero-order valence-corrected chi connectivity index (χ0v) is 16.8. The van der Waals surface area contributed by atoms with Crippen molar-refractivity contribution in [2.24, 2.45) is 0 Å². The summed E-state index contributed by atoms with van der Waals surface area (Å²) in [4.78, 5) is 22.0. The highest BCUT2D eigenvalue weighted by Crippen LogP contribution is 2.25. The maximum atomic E-state index is 13.2. The number of carbonyl (C=O) groups is 1. The number of halogens is 1. The number of hydrogen-bond donors (Lipinski definition) is 1. The molecule has 5 nitrogen and oxygen atoms in total. The molecule has 2 aliphatic rings. The van der Waals surface area contributed by atoms with Gasteiger partial charge in [0.2, 0.25) is 5.91 Å². The van der Waals surface area contributed by atoms with Crippen LogP contribution in [0.15, 0.2) is 48.8 Å². The van der Waals surface area contributed by atoms with E-state index in [1.807, 2.05) is 30.5 Å². The van der Waals surface area contributed by atoms with E-state index in [9.17, 15) is 9.18 Å². The van der Waals surface area contributed by atoms with E-state index in [1.165, 1.54) is 12.1 Å². The van der Waals surface area contributed by atoms with Crippen molar-refractivity contribution >= 4 is 5.91 Å². The van der Waals surface area contributed by atoms with Crippen LogP contribution in [0.3, 0.4) is 0 Å². The van der Waals surface area contributed by atoms with Crippen LogP contribution in [0.1, 0.15) is 42.9 Å². The molecule has 0 aliphatic carbocycles. The predicted molar refractivity (Wildman–Crippen MR) is 111 cm³/mol. The van der Waals surface area contributed by atoms with E-state index in [4.69, 9.17) is 0 Å².